The molecule has 0 N–H and O–H groups in total. The summed E-state index contributed by atoms with van der Waals surface area (Å²) in [5.74, 6) is 0.418. The van der Waals surface area contributed by atoms with Gasteiger partial charge < -0.3 is 4.90 Å². The van der Waals surface area contributed by atoms with E-state index < -0.39 is 9.84 Å². The van der Waals surface area contributed by atoms with E-state index in [0.717, 1.165) is 17.4 Å². The molecule has 0 radical (unpaired) electrons. The minimum absolute atomic E-state index is 0.0554. The van der Waals surface area contributed by atoms with Crippen LogP contribution in [-0.4, -0.2) is 36.4 Å². The van der Waals surface area contributed by atoms with Gasteiger partial charge in [0.25, 0.3) is 0 Å². The molecule has 136 valence electrons. The van der Waals surface area contributed by atoms with E-state index >= 15 is 0 Å². The summed E-state index contributed by atoms with van der Waals surface area (Å²) in [6.45, 7) is 4.95. The Morgan fingerprint density at radius 2 is 1.85 bits per heavy atom. The molecule has 0 spiro atoms. The number of aryl methyl sites for hydroxylation is 2. The van der Waals surface area contributed by atoms with Crippen molar-refractivity contribution in [1.82, 2.24) is 0 Å². The minimum Gasteiger partial charge on any atom is -0.317 e. The van der Waals surface area contributed by atoms with Crippen LogP contribution < -0.4 is 4.90 Å². The first kappa shape index (κ1) is 17.6. The van der Waals surface area contributed by atoms with Crippen LogP contribution in [0, 0.1) is 13.8 Å². The summed E-state index contributed by atoms with van der Waals surface area (Å²) in [5.41, 5.74) is 4.81. The van der Waals surface area contributed by atoms with Crippen molar-refractivity contribution < 1.29 is 8.42 Å². The molecule has 0 amide bonds. The Balaban J connectivity index is 1.68. The number of aliphatic imine (C=N–C) groups is 1. The molecular weight excluding hydrogens is 364 g/mol. The molecule has 1 saturated heterocycles. The lowest BCUT2D eigenvalue weighted by Crippen LogP contribution is -2.28. The lowest BCUT2D eigenvalue weighted by Gasteiger charge is -2.25. The maximum absolute atomic E-state index is 11.9. The van der Waals surface area contributed by atoms with Crippen molar-refractivity contribution in [3.8, 4) is 0 Å². The molecule has 0 bridgehead atoms. The molecule has 26 heavy (non-hydrogen) atoms. The van der Waals surface area contributed by atoms with Gasteiger partial charge in [-0.05, 0) is 42.7 Å². The molecule has 1 fully saturated rings. The van der Waals surface area contributed by atoms with Gasteiger partial charge in [0.2, 0.25) is 0 Å². The van der Waals surface area contributed by atoms with E-state index in [-0.39, 0.29) is 22.8 Å². The molecule has 0 unspecified atom stereocenters. The van der Waals surface area contributed by atoms with Crippen LogP contribution in [0.25, 0.3) is 0 Å². The SMILES string of the molecule is Cc1ccc(N(Cc2ccccc2)C2=N[C@H]3CS(=O)(=O)C[C@@H]3S2)cc1C. The number of thioether (sulfide) groups is 1. The standard InChI is InChI=1S/C20H22N2O2S2/c1-14-8-9-17(10-15(14)2)22(11-16-6-4-3-5-7-16)20-21-18-12-26(23,24)13-19(18)25-20/h3-10,18-19H,11-13H2,1-2H3/t18-,19-/m0/s1. The minimum atomic E-state index is -2.94. The lowest BCUT2D eigenvalue weighted by atomic mass is 10.1. The molecule has 2 heterocycles. The summed E-state index contributed by atoms with van der Waals surface area (Å²) in [6.07, 6.45) is 0. The van der Waals surface area contributed by atoms with Crippen LogP contribution in [0.1, 0.15) is 16.7 Å². The van der Waals surface area contributed by atoms with Gasteiger partial charge in [0.15, 0.2) is 15.0 Å². The number of hydrogen-bond donors (Lipinski definition) is 0. The topological polar surface area (TPSA) is 49.7 Å². The Morgan fingerprint density at radius 3 is 2.54 bits per heavy atom. The summed E-state index contributed by atoms with van der Waals surface area (Å²) in [4.78, 5) is 7.02. The number of fused-ring (bicyclic) bond motifs is 1. The zero-order valence-electron chi connectivity index (χ0n) is 14.9. The average molecular weight is 387 g/mol. The van der Waals surface area contributed by atoms with Crippen LogP contribution in [-0.2, 0) is 16.4 Å². The number of amidine groups is 1. The maximum Gasteiger partial charge on any atom is 0.164 e. The molecule has 0 saturated carbocycles. The molecular formula is C20H22N2O2S2. The second-order valence-corrected chi connectivity index (χ2v) is 10.4. The fraction of sp³-hybridized carbons (Fsp3) is 0.350. The van der Waals surface area contributed by atoms with Crippen molar-refractivity contribution in [1.29, 1.82) is 0 Å². The van der Waals surface area contributed by atoms with Crippen molar-refractivity contribution in [2.75, 3.05) is 16.4 Å². The molecule has 2 aliphatic rings. The highest BCUT2D eigenvalue weighted by molar-refractivity contribution is 8.15. The van der Waals surface area contributed by atoms with Crippen molar-refractivity contribution in [2.45, 2.75) is 31.7 Å². The monoisotopic (exact) mass is 386 g/mol. The third-order valence-corrected chi connectivity index (χ3v) is 8.27. The summed E-state index contributed by atoms with van der Waals surface area (Å²) in [6, 6.07) is 16.7. The fourth-order valence-corrected chi connectivity index (χ4v) is 7.18. The van der Waals surface area contributed by atoms with Gasteiger partial charge in [-0.3, -0.25) is 4.99 Å². The highest BCUT2D eigenvalue weighted by atomic mass is 32.2. The van der Waals surface area contributed by atoms with E-state index in [2.05, 4.69) is 49.1 Å². The number of rotatable bonds is 3. The van der Waals surface area contributed by atoms with E-state index in [1.54, 1.807) is 11.8 Å². The highest BCUT2D eigenvalue weighted by Crippen LogP contribution is 2.37. The van der Waals surface area contributed by atoms with E-state index in [9.17, 15) is 8.42 Å². The van der Waals surface area contributed by atoms with Crippen LogP contribution in [0.4, 0.5) is 5.69 Å². The van der Waals surface area contributed by atoms with Crippen molar-refractivity contribution >= 4 is 32.5 Å². The van der Waals surface area contributed by atoms with Gasteiger partial charge in [0, 0.05) is 10.9 Å². The summed E-state index contributed by atoms with van der Waals surface area (Å²) >= 11 is 1.61. The first-order chi connectivity index (χ1) is 12.4. The Labute approximate surface area is 159 Å². The van der Waals surface area contributed by atoms with E-state index in [4.69, 9.17) is 4.99 Å². The normalized spacial score (nSPS) is 23.5. The Kier molecular flexibility index (Phi) is 4.57. The smallest absolute Gasteiger partial charge is 0.164 e. The van der Waals surface area contributed by atoms with Gasteiger partial charge in [0.05, 0.1) is 24.1 Å². The number of anilines is 1. The molecule has 0 aromatic heterocycles. The van der Waals surface area contributed by atoms with Gasteiger partial charge in [-0.1, -0.05) is 48.2 Å². The Bertz CT molecular complexity index is 955. The zero-order valence-corrected chi connectivity index (χ0v) is 16.6. The first-order valence-electron chi connectivity index (χ1n) is 8.75. The molecule has 4 nitrogen and oxygen atoms in total. The second-order valence-electron chi connectivity index (χ2n) is 7.05. The quantitative estimate of drug-likeness (QED) is 0.809. The van der Waals surface area contributed by atoms with Gasteiger partial charge in [0.1, 0.15) is 0 Å². The van der Waals surface area contributed by atoms with Crippen LogP contribution in [0.5, 0.6) is 0 Å². The fourth-order valence-electron chi connectivity index (χ4n) is 3.40. The molecule has 0 aliphatic carbocycles. The average Bonchev–Trinajstić information content (AvgIpc) is 3.09. The van der Waals surface area contributed by atoms with Crippen LogP contribution >= 0.6 is 11.8 Å². The number of sulfone groups is 1. The highest BCUT2D eigenvalue weighted by Gasteiger charge is 2.44. The molecule has 2 aromatic carbocycles. The molecule has 6 heteroatoms. The Morgan fingerprint density at radius 1 is 1.08 bits per heavy atom. The zero-order chi connectivity index (χ0) is 18.3. The number of benzene rings is 2. The second kappa shape index (κ2) is 6.74. The van der Waals surface area contributed by atoms with Crippen LogP contribution in [0.15, 0.2) is 53.5 Å². The summed E-state index contributed by atoms with van der Waals surface area (Å²) < 4.78 is 23.7. The van der Waals surface area contributed by atoms with E-state index in [0.29, 0.717) is 0 Å². The van der Waals surface area contributed by atoms with E-state index in [1.165, 1.54) is 16.7 Å². The Hall–Kier alpha value is -1.79. The van der Waals surface area contributed by atoms with Gasteiger partial charge >= 0.3 is 0 Å². The third-order valence-electron chi connectivity index (χ3n) is 5.02. The van der Waals surface area contributed by atoms with Gasteiger partial charge in [-0.25, -0.2) is 8.42 Å². The largest absolute Gasteiger partial charge is 0.317 e. The molecule has 2 atom stereocenters. The summed E-state index contributed by atoms with van der Waals surface area (Å²) in [7, 11) is -2.94. The lowest BCUT2D eigenvalue weighted by molar-refractivity contribution is 0.601. The number of hydrogen-bond acceptors (Lipinski definition) is 5. The molecule has 2 aliphatic heterocycles. The molecule has 4 rings (SSSR count). The third kappa shape index (κ3) is 3.53. The van der Waals surface area contributed by atoms with E-state index in [1.807, 2.05) is 18.2 Å². The predicted molar refractivity (Wildman–Crippen MR) is 110 cm³/mol. The predicted octanol–water partition coefficient (Wildman–Crippen LogP) is 3.58. The van der Waals surface area contributed by atoms with Gasteiger partial charge in [-0.2, -0.15) is 0 Å². The van der Waals surface area contributed by atoms with Gasteiger partial charge in [-0.15, -0.1) is 0 Å². The van der Waals surface area contributed by atoms with Crippen molar-refractivity contribution in [3.05, 3.63) is 65.2 Å². The van der Waals surface area contributed by atoms with Crippen molar-refractivity contribution in [2.24, 2.45) is 4.99 Å². The molecule has 2 aromatic rings. The first-order valence-corrected chi connectivity index (χ1v) is 11.4. The number of nitrogens with zero attached hydrogens (tertiary/aromatic N) is 2. The van der Waals surface area contributed by atoms with Crippen molar-refractivity contribution in [3.63, 3.8) is 0 Å². The van der Waals surface area contributed by atoms with Crippen LogP contribution in [0.2, 0.25) is 0 Å². The summed E-state index contributed by atoms with van der Waals surface area (Å²) in [5, 5.41) is 0.988. The van der Waals surface area contributed by atoms with Crippen LogP contribution in [0.3, 0.4) is 0 Å². The maximum atomic E-state index is 11.9.